The summed E-state index contributed by atoms with van der Waals surface area (Å²) in [6.07, 6.45) is 7.16. The second kappa shape index (κ2) is 8.72. The van der Waals surface area contributed by atoms with Gasteiger partial charge in [0.05, 0.1) is 27.8 Å². The highest BCUT2D eigenvalue weighted by molar-refractivity contribution is 7.85. The van der Waals surface area contributed by atoms with Crippen LogP contribution in [0.2, 0.25) is 5.02 Å². The molecule has 2 fully saturated rings. The maximum Gasteiger partial charge on any atom is 0.145 e. The van der Waals surface area contributed by atoms with E-state index >= 15 is 0 Å². The van der Waals surface area contributed by atoms with E-state index in [1.165, 1.54) is 5.56 Å². The monoisotopic (exact) mass is 459 g/mol. The van der Waals surface area contributed by atoms with Gasteiger partial charge < -0.3 is 15.3 Å². The third-order valence-corrected chi connectivity index (χ3v) is 8.95. The number of fused-ring (bicyclic) bond motifs is 1. The molecule has 0 bridgehead atoms. The molecule has 5 rings (SSSR count). The molecule has 2 atom stereocenters. The van der Waals surface area contributed by atoms with Gasteiger partial charge in [0, 0.05) is 23.9 Å². The van der Waals surface area contributed by atoms with Crippen LogP contribution in [0.25, 0.3) is 0 Å². The Balaban J connectivity index is 1.39. The predicted octanol–water partition coefficient (Wildman–Crippen LogP) is 4.50. The van der Waals surface area contributed by atoms with Crippen LogP contribution in [0.15, 0.2) is 35.2 Å². The maximum atomic E-state index is 12.7. The third kappa shape index (κ3) is 4.22. The van der Waals surface area contributed by atoms with Crippen molar-refractivity contribution in [2.75, 3.05) is 35.7 Å². The zero-order valence-corrected chi connectivity index (χ0v) is 19.4. The van der Waals surface area contributed by atoms with E-state index in [0.29, 0.717) is 11.7 Å². The van der Waals surface area contributed by atoms with E-state index in [1.54, 1.807) is 0 Å². The molecule has 1 saturated heterocycles. The second-order valence-corrected chi connectivity index (χ2v) is 11.1. The Morgan fingerprint density at radius 2 is 2.00 bits per heavy atom. The largest absolute Gasteiger partial charge is 0.394 e. The topological polar surface area (TPSA) is 65.5 Å². The summed E-state index contributed by atoms with van der Waals surface area (Å²) in [6, 6.07) is 10.4. The number of aliphatic hydroxyl groups excluding tert-OH is 1. The zero-order chi connectivity index (χ0) is 21.4. The lowest BCUT2D eigenvalue weighted by molar-refractivity contribution is 0.143. The summed E-state index contributed by atoms with van der Waals surface area (Å²) >= 11 is 6.07. The highest BCUT2D eigenvalue weighted by atomic mass is 35.5. The fourth-order valence-corrected chi connectivity index (χ4v) is 6.63. The van der Waals surface area contributed by atoms with Crippen LogP contribution in [0, 0.1) is 0 Å². The lowest BCUT2D eigenvalue weighted by Gasteiger charge is -2.42. The summed E-state index contributed by atoms with van der Waals surface area (Å²) in [5, 5.41) is 14.2. The van der Waals surface area contributed by atoms with Crippen LogP contribution in [0.3, 0.4) is 0 Å². The molecule has 0 amide bonds. The standard InChI is InChI=1S/C24H30ClN3O2S/c25-20-6-4-18(5-7-20)17-3-1-12-28(13-8-17)21-15-19-9-14-31(30)22(19)23(26-21)27-24(16-29)10-2-11-24/h4-7,15,17,29H,1-3,8-14,16H2,(H,26,27)/t17?,31-/m0/s1. The number of benzene rings is 1. The molecule has 2 aliphatic heterocycles. The molecule has 166 valence electrons. The minimum Gasteiger partial charge on any atom is -0.394 e. The number of nitrogens with one attached hydrogen (secondary N) is 1. The van der Waals surface area contributed by atoms with E-state index < -0.39 is 10.8 Å². The number of aryl methyl sites for hydroxylation is 1. The van der Waals surface area contributed by atoms with Gasteiger partial charge in [-0.15, -0.1) is 0 Å². The summed E-state index contributed by atoms with van der Waals surface area (Å²) in [5.41, 5.74) is 2.21. The number of aromatic nitrogens is 1. The van der Waals surface area contributed by atoms with Crippen molar-refractivity contribution in [3.8, 4) is 0 Å². The average molecular weight is 460 g/mol. The van der Waals surface area contributed by atoms with Gasteiger partial charge in [0.1, 0.15) is 11.6 Å². The van der Waals surface area contributed by atoms with Crippen molar-refractivity contribution in [2.24, 2.45) is 0 Å². The summed E-state index contributed by atoms with van der Waals surface area (Å²) in [6.45, 7) is 2.02. The molecule has 5 nitrogen and oxygen atoms in total. The Hall–Kier alpha value is -1.63. The Bertz CT molecular complexity index is 972. The predicted molar refractivity (Wildman–Crippen MR) is 127 cm³/mol. The number of halogens is 1. The van der Waals surface area contributed by atoms with Gasteiger partial charge in [-0.25, -0.2) is 4.98 Å². The van der Waals surface area contributed by atoms with Crippen molar-refractivity contribution >= 4 is 34.0 Å². The van der Waals surface area contributed by atoms with Crippen LogP contribution in [-0.4, -0.2) is 45.3 Å². The number of hydrogen-bond acceptors (Lipinski definition) is 5. The lowest BCUT2D eigenvalue weighted by atomic mass is 9.77. The first-order valence-corrected chi connectivity index (χ1v) is 13.1. The van der Waals surface area contributed by atoms with Gasteiger partial charge in [-0.2, -0.15) is 0 Å². The Morgan fingerprint density at radius 1 is 1.19 bits per heavy atom. The number of aliphatic hydroxyl groups is 1. The van der Waals surface area contributed by atoms with Crippen molar-refractivity contribution < 1.29 is 9.32 Å². The zero-order valence-electron chi connectivity index (χ0n) is 17.8. The molecular weight excluding hydrogens is 430 g/mol. The highest BCUT2D eigenvalue weighted by Crippen LogP contribution is 2.40. The molecule has 1 saturated carbocycles. The van der Waals surface area contributed by atoms with Crippen LogP contribution in [0.4, 0.5) is 11.6 Å². The minimum atomic E-state index is -1.01. The van der Waals surface area contributed by atoms with Gasteiger partial charge in [0.15, 0.2) is 0 Å². The first-order chi connectivity index (χ1) is 15.1. The first-order valence-electron chi connectivity index (χ1n) is 11.4. The average Bonchev–Trinajstić information content (AvgIpc) is 2.97. The van der Waals surface area contributed by atoms with Crippen LogP contribution in [-0.2, 0) is 17.2 Å². The van der Waals surface area contributed by atoms with Gasteiger partial charge in [-0.1, -0.05) is 23.7 Å². The van der Waals surface area contributed by atoms with E-state index in [1.807, 2.05) is 12.1 Å². The summed E-state index contributed by atoms with van der Waals surface area (Å²) in [4.78, 5) is 8.22. The maximum absolute atomic E-state index is 12.7. The fourth-order valence-electron chi connectivity index (χ4n) is 5.13. The molecule has 2 aromatic rings. The number of rotatable bonds is 5. The Labute approximate surface area is 191 Å². The molecular formula is C24H30ClN3O2S. The van der Waals surface area contributed by atoms with E-state index in [9.17, 15) is 9.32 Å². The summed E-state index contributed by atoms with van der Waals surface area (Å²) in [5.74, 6) is 2.91. The van der Waals surface area contributed by atoms with Crippen LogP contribution < -0.4 is 10.2 Å². The van der Waals surface area contributed by atoms with Gasteiger partial charge in [-0.3, -0.25) is 4.21 Å². The molecule has 3 aliphatic rings. The number of pyridine rings is 1. The first kappa shape index (κ1) is 21.2. The third-order valence-electron chi connectivity index (χ3n) is 7.21. The van der Waals surface area contributed by atoms with Gasteiger partial charge in [0.25, 0.3) is 0 Å². The van der Waals surface area contributed by atoms with Crippen LogP contribution in [0.1, 0.15) is 55.6 Å². The molecule has 3 heterocycles. The molecule has 1 aliphatic carbocycles. The van der Waals surface area contributed by atoms with Crippen molar-refractivity contribution in [1.29, 1.82) is 0 Å². The van der Waals surface area contributed by atoms with E-state index in [-0.39, 0.29) is 12.1 Å². The smallest absolute Gasteiger partial charge is 0.145 e. The van der Waals surface area contributed by atoms with E-state index in [0.717, 1.165) is 85.2 Å². The van der Waals surface area contributed by atoms with E-state index in [4.69, 9.17) is 16.6 Å². The molecule has 7 heteroatoms. The van der Waals surface area contributed by atoms with Crippen molar-refractivity contribution in [3.63, 3.8) is 0 Å². The summed E-state index contributed by atoms with van der Waals surface area (Å²) < 4.78 is 12.7. The number of hydrogen-bond donors (Lipinski definition) is 2. The van der Waals surface area contributed by atoms with E-state index in [2.05, 4.69) is 28.4 Å². The van der Waals surface area contributed by atoms with Crippen molar-refractivity contribution in [1.82, 2.24) is 4.98 Å². The quantitative estimate of drug-likeness (QED) is 0.689. The molecule has 1 unspecified atom stereocenters. The molecule has 1 aromatic heterocycles. The molecule has 1 aromatic carbocycles. The van der Waals surface area contributed by atoms with Crippen LogP contribution in [0.5, 0.6) is 0 Å². The Morgan fingerprint density at radius 3 is 2.71 bits per heavy atom. The molecule has 0 radical (unpaired) electrons. The number of nitrogens with zero attached hydrogens (tertiary/aromatic N) is 2. The van der Waals surface area contributed by atoms with Crippen molar-refractivity contribution in [3.05, 3.63) is 46.5 Å². The van der Waals surface area contributed by atoms with Crippen LogP contribution >= 0.6 is 11.6 Å². The van der Waals surface area contributed by atoms with Gasteiger partial charge in [-0.05, 0) is 80.2 Å². The fraction of sp³-hybridized carbons (Fsp3) is 0.542. The Kier molecular flexibility index (Phi) is 5.97. The van der Waals surface area contributed by atoms with Gasteiger partial charge >= 0.3 is 0 Å². The molecule has 0 spiro atoms. The minimum absolute atomic E-state index is 0.0901. The number of anilines is 2. The highest BCUT2D eigenvalue weighted by Gasteiger charge is 2.38. The van der Waals surface area contributed by atoms with Crippen molar-refractivity contribution in [2.45, 2.75) is 61.3 Å². The molecule has 2 N–H and O–H groups in total. The SMILES string of the molecule is O=[S@]1CCc2cc(N3CCCC(c4ccc(Cl)cc4)CC3)nc(NC3(CO)CCC3)c21. The lowest BCUT2D eigenvalue weighted by Crippen LogP contribution is -2.48. The normalized spacial score (nSPS) is 24.9. The van der Waals surface area contributed by atoms with Gasteiger partial charge in [0.2, 0.25) is 0 Å². The second-order valence-electron chi connectivity index (χ2n) is 9.20. The summed E-state index contributed by atoms with van der Waals surface area (Å²) in [7, 11) is -1.01. The molecule has 31 heavy (non-hydrogen) atoms.